The van der Waals surface area contributed by atoms with Crippen molar-refractivity contribution in [3.05, 3.63) is 66.0 Å². The first kappa shape index (κ1) is 19.2. The van der Waals surface area contributed by atoms with Crippen LogP contribution < -0.4 is 5.32 Å². The van der Waals surface area contributed by atoms with Gasteiger partial charge in [-0.05, 0) is 60.8 Å². The lowest BCUT2D eigenvalue weighted by molar-refractivity contribution is 0.607. The van der Waals surface area contributed by atoms with E-state index in [4.69, 9.17) is 4.98 Å². The van der Waals surface area contributed by atoms with E-state index >= 15 is 0 Å². The lowest BCUT2D eigenvalue weighted by atomic mass is 9.97. The van der Waals surface area contributed by atoms with E-state index in [1.54, 1.807) is 0 Å². The van der Waals surface area contributed by atoms with Gasteiger partial charge in [0.25, 0.3) is 0 Å². The van der Waals surface area contributed by atoms with Gasteiger partial charge in [-0.3, -0.25) is 4.68 Å². The van der Waals surface area contributed by atoms with Gasteiger partial charge in [0.2, 0.25) is 5.95 Å². The van der Waals surface area contributed by atoms with Crippen molar-refractivity contribution in [2.75, 3.05) is 11.9 Å². The lowest BCUT2D eigenvalue weighted by Gasteiger charge is -2.14. The summed E-state index contributed by atoms with van der Waals surface area (Å²) >= 11 is 0. The van der Waals surface area contributed by atoms with Gasteiger partial charge in [0.05, 0.1) is 23.6 Å². The molecule has 32 heavy (non-hydrogen) atoms. The maximum absolute atomic E-state index is 4.91. The Morgan fingerprint density at radius 3 is 2.81 bits per heavy atom. The smallest absolute Gasteiger partial charge is 0.222 e. The number of aromatic nitrogens is 6. The summed E-state index contributed by atoms with van der Waals surface area (Å²) in [6.45, 7) is 3.26. The Balaban J connectivity index is 1.37. The zero-order chi connectivity index (χ0) is 21.7. The van der Waals surface area contributed by atoms with Gasteiger partial charge in [-0.1, -0.05) is 13.0 Å². The summed E-state index contributed by atoms with van der Waals surface area (Å²) in [5, 5.41) is 12.3. The molecule has 2 aliphatic rings. The van der Waals surface area contributed by atoms with Crippen LogP contribution in [0.1, 0.15) is 49.4 Å². The van der Waals surface area contributed by atoms with Gasteiger partial charge < -0.3 is 5.32 Å². The molecule has 162 valence electrons. The highest BCUT2D eigenvalue weighted by Gasteiger charge is 2.37. The summed E-state index contributed by atoms with van der Waals surface area (Å²) < 4.78 is 3.74. The zero-order valence-electron chi connectivity index (χ0n) is 18.5. The summed E-state index contributed by atoms with van der Waals surface area (Å²) in [5.41, 5.74) is 8.29. The van der Waals surface area contributed by atoms with E-state index in [9.17, 15) is 0 Å². The number of anilines is 1. The van der Waals surface area contributed by atoms with Crippen LogP contribution in [0.25, 0.3) is 22.2 Å². The second-order valence-corrected chi connectivity index (χ2v) is 9.43. The fourth-order valence-corrected chi connectivity index (χ4v) is 4.43. The standard InChI is InChI=1S/C25H27N7/c1-25(8-9-25)16-27-24-26-13-21-19(5-3-4-6-22(21)30-24)17-7-10-32-23(11-17)20(14-29-32)18-12-28-31(2)15-18/h5,7,10-15H,3-4,6,8-9,16H2,1-2H3,(H,26,27,30). The highest BCUT2D eigenvalue weighted by Crippen LogP contribution is 2.44. The number of fused-ring (bicyclic) bond motifs is 2. The molecule has 0 saturated heterocycles. The van der Waals surface area contributed by atoms with Crippen LogP contribution in [0.2, 0.25) is 0 Å². The first-order valence-corrected chi connectivity index (χ1v) is 11.4. The maximum atomic E-state index is 4.91. The molecule has 0 aliphatic heterocycles. The largest absolute Gasteiger partial charge is 0.354 e. The van der Waals surface area contributed by atoms with Crippen molar-refractivity contribution in [2.24, 2.45) is 12.5 Å². The van der Waals surface area contributed by atoms with Crippen molar-refractivity contribution in [2.45, 2.75) is 39.0 Å². The topological polar surface area (TPSA) is 72.9 Å². The number of allylic oxidation sites excluding steroid dienone is 1. The van der Waals surface area contributed by atoms with Crippen LogP contribution in [0.4, 0.5) is 5.95 Å². The number of nitrogens with zero attached hydrogens (tertiary/aromatic N) is 6. The Morgan fingerprint density at radius 1 is 1.09 bits per heavy atom. The Bertz CT molecular complexity index is 1340. The van der Waals surface area contributed by atoms with Crippen LogP contribution in [-0.2, 0) is 13.5 Å². The SMILES string of the molecule is Cn1cc(-c2cnn3ccc(C4=CCCCc5nc(NCC6(C)CC6)ncc54)cc23)cn1. The summed E-state index contributed by atoms with van der Waals surface area (Å²) in [6.07, 6.45) is 17.9. The lowest BCUT2D eigenvalue weighted by Crippen LogP contribution is -2.14. The number of rotatable bonds is 5. The second kappa shape index (κ2) is 7.29. The van der Waals surface area contributed by atoms with Crippen molar-refractivity contribution >= 4 is 17.0 Å². The minimum atomic E-state index is 0.424. The van der Waals surface area contributed by atoms with Crippen LogP contribution in [0.5, 0.6) is 0 Å². The molecular weight excluding hydrogens is 398 g/mol. The average Bonchev–Trinajstić information content (AvgIpc) is 3.24. The first-order chi connectivity index (χ1) is 15.6. The predicted molar refractivity (Wildman–Crippen MR) is 125 cm³/mol. The normalized spacial score (nSPS) is 17.0. The van der Waals surface area contributed by atoms with E-state index in [0.29, 0.717) is 5.41 Å². The van der Waals surface area contributed by atoms with Gasteiger partial charge in [-0.2, -0.15) is 10.2 Å². The van der Waals surface area contributed by atoms with E-state index in [-0.39, 0.29) is 0 Å². The molecule has 4 heterocycles. The number of hydrogen-bond acceptors (Lipinski definition) is 5. The molecule has 0 spiro atoms. The fraction of sp³-hybridized carbons (Fsp3) is 0.360. The van der Waals surface area contributed by atoms with Gasteiger partial charge in [0.1, 0.15) is 0 Å². The molecule has 6 rings (SSSR count). The molecule has 0 unspecified atom stereocenters. The average molecular weight is 426 g/mol. The minimum absolute atomic E-state index is 0.424. The van der Waals surface area contributed by atoms with Gasteiger partial charge in [0.15, 0.2) is 0 Å². The monoisotopic (exact) mass is 425 g/mol. The molecule has 0 radical (unpaired) electrons. The van der Waals surface area contributed by atoms with Crippen LogP contribution in [-0.4, -0.2) is 35.9 Å². The molecular formula is C25H27N7. The Hall–Kier alpha value is -3.48. The molecule has 0 aromatic carbocycles. The Morgan fingerprint density at radius 2 is 2.00 bits per heavy atom. The molecule has 7 nitrogen and oxygen atoms in total. The van der Waals surface area contributed by atoms with Crippen LogP contribution in [0.15, 0.2) is 49.2 Å². The number of aryl methyl sites for hydroxylation is 2. The van der Waals surface area contributed by atoms with Crippen LogP contribution in [0.3, 0.4) is 0 Å². The van der Waals surface area contributed by atoms with Crippen LogP contribution in [0, 0.1) is 5.41 Å². The summed E-state index contributed by atoms with van der Waals surface area (Å²) in [6, 6.07) is 4.35. The van der Waals surface area contributed by atoms with E-state index in [1.807, 2.05) is 47.2 Å². The highest BCUT2D eigenvalue weighted by molar-refractivity contribution is 5.86. The molecule has 0 bridgehead atoms. The van der Waals surface area contributed by atoms with Crippen LogP contribution >= 0.6 is 0 Å². The molecule has 1 fully saturated rings. The van der Waals surface area contributed by atoms with Crippen molar-refractivity contribution < 1.29 is 0 Å². The van der Waals surface area contributed by atoms with Crippen molar-refractivity contribution in [1.29, 1.82) is 0 Å². The summed E-state index contributed by atoms with van der Waals surface area (Å²) in [4.78, 5) is 9.58. The minimum Gasteiger partial charge on any atom is -0.354 e. The fourth-order valence-electron chi connectivity index (χ4n) is 4.43. The third-order valence-corrected chi connectivity index (χ3v) is 6.75. The number of hydrogen-bond donors (Lipinski definition) is 1. The van der Waals surface area contributed by atoms with Gasteiger partial charge in [-0.15, -0.1) is 0 Å². The molecule has 7 heteroatoms. The number of nitrogens with one attached hydrogen (secondary N) is 1. The van der Waals surface area contributed by atoms with Gasteiger partial charge >= 0.3 is 0 Å². The predicted octanol–water partition coefficient (Wildman–Crippen LogP) is 4.50. The van der Waals surface area contributed by atoms with E-state index in [1.165, 1.54) is 24.0 Å². The van der Waals surface area contributed by atoms with E-state index in [0.717, 1.165) is 59.7 Å². The van der Waals surface area contributed by atoms with E-state index in [2.05, 4.69) is 45.6 Å². The Labute approximate surface area is 187 Å². The quantitative estimate of drug-likeness (QED) is 0.509. The second-order valence-electron chi connectivity index (χ2n) is 9.43. The van der Waals surface area contributed by atoms with Gasteiger partial charge in [-0.25, -0.2) is 14.5 Å². The van der Waals surface area contributed by atoms with Crippen molar-refractivity contribution in [3.8, 4) is 11.1 Å². The molecule has 0 amide bonds. The molecule has 4 aromatic heterocycles. The summed E-state index contributed by atoms with van der Waals surface area (Å²) in [5.74, 6) is 0.753. The third kappa shape index (κ3) is 3.47. The molecule has 1 N–H and O–H groups in total. The molecule has 2 aliphatic carbocycles. The van der Waals surface area contributed by atoms with Crippen molar-refractivity contribution in [3.63, 3.8) is 0 Å². The summed E-state index contributed by atoms with van der Waals surface area (Å²) in [7, 11) is 1.93. The van der Waals surface area contributed by atoms with Crippen molar-refractivity contribution in [1.82, 2.24) is 29.4 Å². The molecule has 4 aromatic rings. The zero-order valence-corrected chi connectivity index (χ0v) is 18.5. The molecule has 1 saturated carbocycles. The Kier molecular flexibility index (Phi) is 4.38. The van der Waals surface area contributed by atoms with Gasteiger partial charge in [0, 0.05) is 48.9 Å². The highest BCUT2D eigenvalue weighted by atomic mass is 15.2. The maximum Gasteiger partial charge on any atom is 0.222 e. The first-order valence-electron chi connectivity index (χ1n) is 11.4. The van der Waals surface area contributed by atoms with E-state index < -0.39 is 0 Å². The third-order valence-electron chi connectivity index (χ3n) is 6.75. The molecule has 0 atom stereocenters. The number of pyridine rings is 1.